The number of rotatable bonds is 3. The van der Waals surface area contributed by atoms with Crippen molar-refractivity contribution < 1.29 is 9.53 Å². The van der Waals surface area contributed by atoms with E-state index in [4.69, 9.17) is 4.74 Å². The van der Waals surface area contributed by atoms with E-state index in [1.807, 2.05) is 25.7 Å². The first kappa shape index (κ1) is 16.4. The van der Waals surface area contributed by atoms with E-state index in [1.165, 1.54) is 19.3 Å². The van der Waals surface area contributed by atoms with Gasteiger partial charge in [-0.15, -0.1) is 0 Å². The molecule has 2 unspecified atom stereocenters. The minimum atomic E-state index is -0.412. The van der Waals surface area contributed by atoms with E-state index in [9.17, 15) is 4.79 Å². The fraction of sp³-hybridized carbons (Fsp3) is 0.833. The molecule has 2 aliphatic rings. The van der Waals surface area contributed by atoms with Gasteiger partial charge in [0.25, 0.3) is 0 Å². The number of hydrogen-bond acceptors (Lipinski definition) is 2. The lowest BCUT2D eigenvalue weighted by atomic mass is 9.79. The molecule has 21 heavy (non-hydrogen) atoms. The molecule has 0 aliphatic carbocycles. The van der Waals surface area contributed by atoms with E-state index in [-0.39, 0.29) is 12.1 Å². The monoisotopic (exact) mass is 293 g/mol. The summed E-state index contributed by atoms with van der Waals surface area (Å²) in [6.07, 6.45) is 9.12. The highest BCUT2D eigenvalue weighted by Gasteiger charge is 2.39. The molecule has 2 bridgehead atoms. The average Bonchev–Trinajstić information content (AvgIpc) is 2.37. The summed E-state index contributed by atoms with van der Waals surface area (Å²) in [5.74, 6) is 0.689. The molecular formula is C18H31NO2. The molecule has 0 aromatic carbocycles. The van der Waals surface area contributed by atoms with Crippen molar-refractivity contribution in [3.8, 4) is 0 Å². The zero-order valence-corrected chi connectivity index (χ0v) is 14.3. The van der Waals surface area contributed by atoms with E-state index in [2.05, 4.69) is 19.9 Å². The minimum Gasteiger partial charge on any atom is -0.444 e. The van der Waals surface area contributed by atoms with Crippen molar-refractivity contribution in [1.29, 1.82) is 0 Å². The summed E-state index contributed by atoms with van der Waals surface area (Å²) >= 11 is 0. The molecule has 2 rings (SSSR count). The van der Waals surface area contributed by atoms with Crippen LogP contribution in [0.4, 0.5) is 4.79 Å². The molecule has 1 saturated heterocycles. The maximum absolute atomic E-state index is 12.5. The Morgan fingerprint density at radius 2 is 2.00 bits per heavy atom. The van der Waals surface area contributed by atoms with Crippen LogP contribution in [-0.4, -0.2) is 28.7 Å². The molecule has 3 nitrogen and oxygen atoms in total. The molecule has 1 amide bonds. The second-order valence-electron chi connectivity index (χ2n) is 7.50. The zero-order chi connectivity index (χ0) is 15.6. The number of amides is 1. The van der Waals surface area contributed by atoms with E-state index in [0.29, 0.717) is 12.0 Å². The topological polar surface area (TPSA) is 29.5 Å². The Hall–Kier alpha value is -0.990. The van der Waals surface area contributed by atoms with Gasteiger partial charge in [-0.1, -0.05) is 25.5 Å². The molecule has 0 aromatic rings. The predicted octanol–water partition coefficient (Wildman–Crippen LogP) is 4.91. The molecule has 0 saturated carbocycles. The number of hydrogen-bond donors (Lipinski definition) is 0. The molecule has 3 heteroatoms. The van der Waals surface area contributed by atoms with Crippen LogP contribution in [0.25, 0.3) is 0 Å². The second kappa shape index (κ2) is 6.41. The lowest BCUT2D eigenvalue weighted by Gasteiger charge is -2.46. The molecule has 0 spiro atoms. The van der Waals surface area contributed by atoms with Gasteiger partial charge < -0.3 is 4.74 Å². The Bertz CT molecular complexity index is 404. The summed E-state index contributed by atoms with van der Waals surface area (Å²) in [5.41, 5.74) is 1.17. The number of ether oxygens (including phenoxy) is 1. The Morgan fingerprint density at radius 3 is 2.52 bits per heavy atom. The fourth-order valence-corrected chi connectivity index (χ4v) is 3.78. The summed E-state index contributed by atoms with van der Waals surface area (Å²) < 4.78 is 5.62. The summed E-state index contributed by atoms with van der Waals surface area (Å²) in [6, 6.07) is 0.599. The van der Waals surface area contributed by atoms with E-state index >= 15 is 0 Å². The summed E-state index contributed by atoms with van der Waals surface area (Å²) in [4.78, 5) is 14.5. The van der Waals surface area contributed by atoms with Gasteiger partial charge in [0.05, 0.1) is 6.04 Å². The highest BCUT2D eigenvalue weighted by Crippen LogP contribution is 2.38. The molecule has 120 valence electrons. The first-order chi connectivity index (χ1) is 9.85. The molecule has 2 aliphatic heterocycles. The lowest BCUT2D eigenvalue weighted by Crippen LogP contribution is -2.53. The largest absolute Gasteiger partial charge is 0.444 e. The fourth-order valence-electron chi connectivity index (χ4n) is 3.78. The SMILES string of the molecule is CCC(CC)C1=CC2CCCC(C1)N2C(=O)OC(C)(C)C. The van der Waals surface area contributed by atoms with Crippen LogP contribution in [0.5, 0.6) is 0 Å². The standard InChI is InChI=1S/C18H31NO2/c1-6-13(7-2)14-11-15-9-8-10-16(12-14)19(15)17(20)21-18(3,4)5/h11,13,15-16H,6-10,12H2,1-5H3. The zero-order valence-electron chi connectivity index (χ0n) is 14.3. The number of nitrogens with zero attached hydrogens (tertiary/aromatic N) is 1. The first-order valence-corrected chi connectivity index (χ1v) is 8.57. The van der Waals surface area contributed by atoms with E-state index < -0.39 is 5.60 Å². The smallest absolute Gasteiger partial charge is 0.411 e. The van der Waals surface area contributed by atoms with Crippen molar-refractivity contribution in [2.45, 2.75) is 90.8 Å². The lowest BCUT2D eigenvalue weighted by molar-refractivity contribution is -0.00206. The summed E-state index contributed by atoms with van der Waals surface area (Å²) in [6.45, 7) is 10.4. The van der Waals surface area contributed by atoms with Gasteiger partial charge >= 0.3 is 6.09 Å². The van der Waals surface area contributed by atoms with Gasteiger partial charge in [-0.2, -0.15) is 0 Å². The van der Waals surface area contributed by atoms with Crippen LogP contribution in [-0.2, 0) is 4.74 Å². The van der Waals surface area contributed by atoms with Crippen molar-refractivity contribution in [3.63, 3.8) is 0 Å². The molecule has 0 N–H and O–H groups in total. The van der Waals surface area contributed by atoms with Crippen LogP contribution < -0.4 is 0 Å². The van der Waals surface area contributed by atoms with Gasteiger partial charge in [0, 0.05) is 6.04 Å². The Labute approximate surface area is 129 Å². The van der Waals surface area contributed by atoms with Gasteiger partial charge in [-0.25, -0.2) is 4.79 Å². The van der Waals surface area contributed by atoms with Crippen LogP contribution in [0.2, 0.25) is 0 Å². The van der Waals surface area contributed by atoms with Gasteiger partial charge in [-0.3, -0.25) is 4.90 Å². The van der Waals surface area contributed by atoms with Crippen molar-refractivity contribution in [2.24, 2.45) is 5.92 Å². The normalized spacial score (nSPS) is 25.8. The molecule has 1 fully saturated rings. The number of carbonyl (C=O) groups excluding carboxylic acids is 1. The Morgan fingerprint density at radius 1 is 1.33 bits per heavy atom. The van der Waals surface area contributed by atoms with Crippen molar-refractivity contribution >= 4 is 6.09 Å². The molecule has 0 aromatic heterocycles. The van der Waals surface area contributed by atoms with E-state index in [1.54, 1.807) is 5.57 Å². The average molecular weight is 293 g/mol. The molecule has 0 radical (unpaired) electrons. The van der Waals surface area contributed by atoms with Gasteiger partial charge in [0.1, 0.15) is 5.60 Å². The predicted molar refractivity (Wildman–Crippen MR) is 86.3 cm³/mol. The Kier molecular flexibility index (Phi) is 5.00. The maximum atomic E-state index is 12.5. The molecule has 2 atom stereocenters. The van der Waals surface area contributed by atoms with E-state index in [0.717, 1.165) is 19.3 Å². The van der Waals surface area contributed by atoms with Crippen LogP contribution in [0.15, 0.2) is 11.6 Å². The number of piperidine rings is 1. The van der Waals surface area contributed by atoms with Gasteiger partial charge in [0.15, 0.2) is 0 Å². The third kappa shape index (κ3) is 3.81. The third-order valence-electron chi connectivity index (χ3n) is 4.78. The van der Waals surface area contributed by atoms with Crippen molar-refractivity contribution in [3.05, 3.63) is 11.6 Å². The van der Waals surface area contributed by atoms with Crippen molar-refractivity contribution in [1.82, 2.24) is 4.90 Å². The molecular weight excluding hydrogens is 262 g/mol. The highest BCUT2D eigenvalue weighted by atomic mass is 16.6. The molecule has 2 heterocycles. The maximum Gasteiger partial charge on any atom is 0.411 e. The minimum absolute atomic E-state index is 0.128. The van der Waals surface area contributed by atoms with Crippen molar-refractivity contribution in [2.75, 3.05) is 0 Å². The Balaban J connectivity index is 2.17. The van der Waals surface area contributed by atoms with Crippen LogP contribution in [0.1, 0.15) is 73.1 Å². The summed E-state index contributed by atoms with van der Waals surface area (Å²) in [7, 11) is 0. The van der Waals surface area contributed by atoms with Crippen LogP contribution >= 0.6 is 0 Å². The first-order valence-electron chi connectivity index (χ1n) is 8.57. The summed E-state index contributed by atoms with van der Waals surface area (Å²) in [5, 5.41) is 0. The number of fused-ring (bicyclic) bond motifs is 2. The quantitative estimate of drug-likeness (QED) is 0.692. The highest BCUT2D eigenvalue weighted by molar-refractivity contribution is 5.70. The number of carbonyl (C=O) groups is 1. The van der Waals surface area contributed by atoms with Gasteiger partial charge in [0.2, 0.25) is 0 Å². The third-order valence-corrected chi connectivity index (χ3v) is 4.78. The van der Waals surface area contributed by atoms with Crippen LogP contribution in [0, 0.1) is 5.92 Å². The van der Waals surface area contributed by atoms with Crippen LogP contribution in [0.3, 0.4) is 0 Å². The van der Waals surface area contributed by atoms with Gasteiger partial charge in [-0.05, 0) is 65.2 Å². The second-order valence-corrected chi connectivity index (χ2v) is 7.50.